The van der Waals surface area contributed by atoms with Crippen molar-refractivity contribution in [2.75, 3.05) is 7.11 Å². The van der Waals surface area contributed by atoms with Gasteiger partial charge in [-0.05, 0) is 23.9 Å². The maximum Gasteiger partial charge on any atom is 0.408 e. The molecular weight excluding hydrogens is 388 g/mol. The first-order valence-electron chi connectivity index (χ1n) is 9.87. The zero-order valence-corrected chi connectivity index (χ0v) is 19.3. The molecule has 7 nitrogen and oxygen atoms in total. The summed E-state index contributed by atoms with van der Waals surface area (Å²) in [5, 5.41) is 5.41. The van der Waals surface area contributed by atoms with Gasteiger partial charge in [0.05, 0.1) is 7.11 Å². The summed E-state index contributed by atoms with van der Waals surface area (Å²) in [6, 6.07) is 8.31. The molecule has 0 aromatic heterocycles. The van der Waals surface area contributed by atoms with Crippen LogP contribution in [0.3, 0.4) is 0 Å². The van der Waals surface area contributed by atoms with Gasteiger partial charge in [0.25, 0.3) is 0 Å². The maximum atomic E-state index is 12.9. The summed E-state index contributed by atoms with van der Waals surface area (Å²) in [7, 11) is -0.410. The van der Waals surface area contributed by atoms with Crippen molar-refractivity contribution in [2.24, 2.45) is 5.92 Å². The molecule has 0 fully saturated rings. The second-order valence-electron chi connectivity index (χ2n) is 8.74. The Hall–Kier alpha value is -2.35. The van der Waals surface area contributed by atoms with Crippen LogP contribution in [-0.2, 0) is 25.7 Å². The van der Waals surface area contributed by atoms with Crippen molar-refractivity contribution in [3.8, 4) is 0 Å². The standard InChI is InChI=1S/C21H34N2O5Si/c1-15(2)12-17(20(25)27-3)22-19(24)18(14-29(4,5)6)23-21(26)28-13-16-10-8-7-9-11-16/h7-11,15,17-18H,12-14H2,1-6H3,(H,22,24)(H,23,26)/t17-,18-/m0/s1. The Balaban J connectivity index is 2.80. The predicted octanol–water partition coefficient (Wildman–Crippen LogP) is 3.32. The molecular formula is C21H34N2O5Si. The Bertz CT molecular complexity index is 673. The average molecular weight is 423 g/mol. The van der Waals surface area contributed by atoms with E-state index in [1.54, 1.807) is 0 Å². The summed E-state index contributed by atoms with van der Waals surface area (Å²) in [5.74, 6) is -0.704. The van der Waals surface area contributed by atoms with E-state index < -0.39 is 38.1 Å². The Labute approximate surface area is 174 Å². The summed E-state index contributed by atoms with van der Waals surface area (Å²) in [6.45, 7) is 10.4. The van der Waals surface area contributed by atoms with Crippen LogP contribution in [0.2, 0.25) is 25.7 Å². The second-order valence-corrected chi connectivity index (χ2v) is 14.3. The molecule has 2 atom stereocenters. The van der Waals surface area contributed by atoms with Gasteiger partial charge in [0.2, 0.25) is 5.91 Å². The molecule has 0 saturated carbocycles. The topological polar surface area (TPSA) is 93.7 Å². The van der Waals surface area contributed by atoms with Crippen LogP contribution in [0.5, 0.6) is 0 Å². The smallest absolute Gasteiger partial charge is 0.408 e. The highest BCUT2D eigenvalue weighted by Crippen LogP contribution is 2.14. The van der Waals surface area contributed by atoms with Crippen LogP contribution in [0.4, 0.5) is 4.79 Å². The molecule has 29 heavy (non-hydrogen) atoms. The third kappa shape index (κ3) is 10.1. The highest BCUT2D eigenvalue weighted by Gasteiger charge is 2.31. The largest absolute Gasteiger partial charge is 0.467 e. The van der Waals surface area contributed by atoms with Gasteiger partial charge in [-0.15, -0.1) is 0 Å². The van der Waals surface area contributed by atoms with Gasteiger partial charge in [-0.25, -0.2) is 9.59 Å². The summed E-state index contributed by atoms with van der Waals surface area (Å²) in [6.07, 6.45) is -0.206. The van der Waals surface area contributed by atoms with Gasteiger partial charge in [0.1, 0.15) is 18.7 Å². The van der Waals surface area contributed by atoms with Gasteiger partial charge >= 0.3 is 12.1 Å². The highest BCUT2D eigenvalue weighted by molar-refractivity contribution is 6.76. The normalized spacial score (nSPS) is 13.3. The predicted molar refractivity (Wildman–Crippen MR) is 115 cm³/mol. The molecule has 1 rings (SSSR count). The number of hydrogen-bond acceptors (Lipinski definition) is 5. The van der Waals surface area contributed by atoms with E-state index in [0.717, 1.165) is 5.56 Å². The molecule has 0 aliphatic heterocycles. The fourth-order valence-corrected chi connectivity index (χ4v) is 4.34. The lowest BCUT2D eigenvalue weighted by atomic mass is 10.0. The zero-order chi connectivity index (χ0) is 22.0. The van der Waals surface area contributed by atoms with Crippen molar-refractivity contribution in [3.05, 3.63) is 35.9 Å². The number of benzene rings is 1. The maximum absolute atomic E-state index is 12.9. The molecule has 1 aromatic carbocycles. The number of carbonyl (C=O) groups excluding carboxylic acids is 3. The van der Waals surface area contributed by atoms with Gasteiger partial charge < -0.3 is 20.1 Å². The first kappa shape index (κ1) is 24.7. The Kier molecular flexibility index (Phi) is 9.87. The van der Waals surface area contributed by atoms with Crippen LogP contribution in [0.25, 0.3) is 0 Å². The van der Waals surface area contributed by atoms with E-state index in [4.69, 9.17) is 9.47 Å². The molecule has 1 aromatic rings. The van der Waals surface area contributed by atoms with Crippen LogP contribution in [0.1, 0.15) is 25.8 Å². The number of nitrogens with one attached hydrogen (secondary N) is 2. The molecule has 0 saturated heterocycles. The lowest BCUT2D eigenvalue weighted by Crippen LogP contribution is -2.54. The summed E-state index contributed by atoms with van der Waals surface area (Å²) >= 11 is 0. The van der Waals surface area contributed by atoms with Gasteiger partial charge in [0, 0.05) is 8.07 Å². The number of methoxy groups -OCH3 is 1. The van der Waals surface area contributed by atoms with Gasteiger partial charge in [0.15, 0.2) is 0 Å². The Morgan fingerprint density at radius 1 is 1.00 bits per heavy atom. The van der Waals surface area contributed by atoms with Gasteiger partial charge in [-0.3, -0.25) is 4.79 Å². The van der Waals surface area contributed by atoms with Gasteiger partial charge in [-0.1, -0.05) is 63.8 Å². The van der Waals surface area contributed by atoms with E-state index >= 15 is 0 Å². The van der Waals surface area contributed by atoms with E-state index in [1.807, 2.05) is 44.2 Å². The lowest BCUT2D eigenvalue weighted by Gasteiger charge is -2.26. The van der Waals surface area contributed by atoms with E-state index in [2.05, 4.69) is 30.3 Å². The van der Waals surface area contributed by atoms with Crippen molar-refractivity contribution in [3.63, 3.8) is 0 Å². The number of ether oxygens (including phenoxy) is 2. The number of esters is 1. The van der Waals surface area contributed by atoms with Crippen molar-refractivity contribution < 1.29 is 23.9 Å². The number of rotatable bonds is 10. The number of alkyl carbamates (subject to hydrolysis) is 1. The molecule has 0 aliphatic rings. The minimum atomic E-state index is -1.70. The van der Waals surface area contributed by atoms with Crippen molar-refractivity contribution in [1.82, 2.24) is 10.6 Å². The van der Waals surface area contributed by atoms with E-state index in [-0.39, 0.29) is 12.5 Å². The van der Waals surface area contributed by atoms with Crippen LogP contribution in [-0.4, -0.2) is 45.2 Å². The number of amides is 2. The number of carbonyl (C=O) groups is 3. The molecule has 2 amide bonds. The molecule has 162 valence electrons. The molecule has 0 spiro atoms. The van der Waals surface area contributed by atoms with Crippen LogP contribution in [0, 0.1) is 5.92 Å². The molecule has 0 radical (unpaired) electrons. The summed E-state index contributed by atoms with van der Waals surface area (Å²) in [4.78, 5) is 37.2. The zero-order valence-electron chi connectivity index (χ0n) is 18.3. The van der Waals surface area contributed by atoms with Crippen LogP contribution < -0.4 is 10.6 Å². The number of hydrogen-bond donors (Lipinski definition) is 2. The van der Waals surface area contributed by atoms with E-state index in [0.29, 0.717) is 12.5 Å². The fourth-order valence-electron chi connectivity index (χ4n) is 2.83. The van der Waals surface area contributed by atoms with E-state index in [9.17, 15) is 14.4 Å². The third-order valence-corrected chi connectivity index (χ3v) is 5.78. The van der Waals surface area contributed by atoms with Crippen LogP contribution in [0.15, 0.2) is 30.3 Å². The minimum absolute atomic E-state index is 0.117. The quantitative estimate of drug-likeness (QED) is 0.446. The Morgan fingerprint density at radius 2 is 1.62 bits per heavy atom. The molecule has 0 aliphatic carbocycles. The SMILES string of the molecule is COC(=O)[C@H](CC(C)C)NC(=O)[C@H](C[Si](C)(C)C)NC(=O)OCc1ccccc1. The summed E-state index contributed by atoms with van der Waals surface area (Å²) < 4.78 is 10.1. The molecule has 0 heterocycles. The molecule has 0 bridgehead atoms. The van der Waals surface area contributed by atoms with Crippen LogP contribution >= 0.6 is 0 Å². The van der Waals surface area contributed by atoms with Gasteiger partial charge in [-0.2, -0.15) is 0 Å². The molecule has 2 N–H and O–H groups in total. The molecule has 0 unspecified atom stereocenters. The first-order chi connectivity index (χ1) is 13.5. The minimum Gasteiger partial charge on any atom is -0.467 e. The average Bonchev–Trinajstić information content (AvgIpc) is 2.64. The Morgan fingerprint density at radius 3 is 2.14 bits per heavy atom. The molecule has 8 heteroatoms. The third-order valence-electron chi connectivity index (χ3n) is 4.15. The summed E-state index contributed by atoms with van der Waals surface area (Å²) in [5.41, 5.74) is 0.858. The monoisotopic (exact) mass is 422 g/mol. The van der Waals surface area contributed by atoms with Crippen molar-refractivity contribution >= 4 is 26.0 Å². The van der Waals surface area contributed by atoms with E-state index in [1.165, 1.54) is 7.11 Å². The lowest BCUT2D eigenvalue weighted by molar-refractivity contribution is -0.145. The highest BCUT2D eigenvalue weighted by atomic mass is 28.3. The van der Waals surface area contributed by atoms with Crippen molar-refractivity contribution in [2.45, 2.75) is 64.6 Å². The fraction of sp³-hybridized carbons (Fsp3) is 0.571. The van der Waals surface area contributed by atoms with Crippen molar-refractivity contribution in [1.29, 1.82) is 0 Å². The second kappa shape index (κ2) is 11.6. The first-order valence-corrected chi connectivity index (χ1v) is 13.6.